The van der Waals surface area contributed by atoms with Crippen LogP contribution in [-0.4, -0.2) is 57.8 Å². The number of aliphatic hydroxyl groups excluding tert-OH is 1. The van der Waals surface area contributed by atoms with Crippen LogP contribution in [0.1, 0.15) is 51.4 Å². The van der Waals surface area contributed by atoms with Gasteiger partial charge in [-0.2, -0.15) is 0 Å². The maximum absolute atomic E-state index is 13.5. The Morgan fingerprint density at radius 3 is 2.50 bits per heavy atom. The van der Waals surface area contributed by atoms with Crippen molar-refractivity contribution in [3.63, 3.8) is 0 Å². The van der Waals surface area contributed by atoms with Gasteiger partial charge in [-0.3, -0.25) is 9.59 Å². The SMILES string of the molecule is CCN(CC)CCN1C(=O)C(O)=C(C(=O)c2sc(C)nc2C)C1c1cccc(C)c1. The van der Waals surface area contributed by atoms with E-state index in [1.54, 1.807) is 11.8 Å². The summed E-state index contributed by atoms with van der Waals surface area (Å²) < 4.78 is 0. The van der Waals surface area contributed by atoms with Gasteiger partial charge in [-0.05, 0) is 39.4 Å². The third kappa shape index (κ3) is 4.18. The van der Waals surface area contributed by atoms with Crippen LogP contribution in [0.25, 0.3) is 0 Å². The first-order chi connectivity index (χ1) is 14.3. The van der Waals surface area contributed by atoms with Crippen LogP contribution in [-0.2, 0) is 4.79 Å². The van der Waals surface area contributed by atoms with Crippen LogP contribution < -0.4 is 0 Å². The van der Waals surface area contributed by atoms with Crippen molar-refractivity contribution in [3.05, 3.63) is 62.3 Å². The summed E-state index contributed by atoms with van der Waals surface area (Å²) in [4.78, 5) is 35.2. The first-order valence-corrected chi connectivity index (χ1v) is 11.1. The molecule has 2 aromatic rings. The number of aryl methyl sites for hydroxylation is 3. The average Bonchev–Trinajstić information content (AvgIpc) is 3.18. The fourth-order valence-electron chi connectivity index (χ4n) is 3.96. The number of likely N-dealkylation sites (N-methyl/N-ethyl adjacent to an activating group) is 1. The van der Waals surface area contributed by atoms with Gasteiger partial charge in [-0.25, -0.2) is 4.98 Å². The van der Waals surface area contributed by atoms with Gasteiger partial charge in [0.2, 0.25) is 5.78 Å². The van der Waals surface area contributed by atoms with Crippen LogP contribution in [0.15, 0.2) is 35.6 Å². The molecule has 0 saturated heterocycles. The summed E-state index contributed by atoms with van der Waals surface area (Å²) in [6.45, 7) is 12.6. The number of Topliss-reactive ketones (excluding diaryl/α,β-unsaturated/α-hetero) is 1. The predicted molar refractivity (Wildman–Crippen MR) is 119 cm³/mol. The molecule has 7 heteroatoms. The Balaban J connectivity index is 2.05. The quantitative estimate of drug-likeness (QED) is 0.645. The molecule has 2 heterocycles. The van der Waals surface area contributed by atoms with E-state index in [-0.39, 0.29) is 11.4 Å². The van der Waals surface area contributed by atoms with E-state index >= 15 is 0 Å². The first kappa shape index (κ1) is 22.2. The van der Waals surface area contributed by atoms with Crippen molar-refractivity contribution in [1.29, 1.82) is 0 Å². The Kier molecular flexibility index (Phi) is 6.73. The zero-order chi connectivity index (χ0) is 22.0. The number of rotatable bonds is 8. The van der Waals surface area contributed by atoms with Gasteiger partial charge in [-0.1, -0.05) is 43.7 Å². The van der Waals surface area contributed by atoms with E-state index in [1.165, 1.54) is 11.3 Å². The van der Waals surface area contributed by atoms with E-state index in [2.05, 4.69) is 23.7 Å². The Bertz CT molecular complexity index is 991. The molecule has 1 aromatic heterocycles. The predicted octanol–water partition coefficient (Wildman–Crippen LogP) is 3.99. The maximum atomic E-state index is 13.5. The zero-order valence-corrected chi connectivity index (χ0v) is 19.0. The number of benzene rings is 1. The summed E-state index contributed by atoms with van der Waals surface area (Å²) in [7, 11) is 0. The molecule has 0 aliphatic carbocycles. The van der Waals surface area contributed by atoms with Crippen molar-refractivity contribution >= 4 is 23.0 Å². The van der Waals surface area contributed by atoms with Gasteiger partial charge in [0, 0.05) is 13.1 Å². The second-order valence-electron chi connectivity index (χ2n) is 7.58. The summed E-state index contributed by atoms with van der Waals surface area (Å²) in [6.07, 6.45) is 0. The Labute approximate surface area is 181 Å². The van der Waals surface area contributed by atoms with Gasteiger partial charge < -0.3 is 14.9 Å². The van der Waals surface area contributed by atoms with Crippen molar-refractivity contribution in [2.75, 3.05) is 26.2 Å². The molecule has 1 N–H and O–H groups in total. The number of ketones is 1. The molecule has 0 fully saturated rings. The number of nitrogens with zero attached hydrogens (tertiary/aromatic N) is 3. The second kappa shape index (κ2) is 9.10. The van der Waals surface area contributed by atoms with Gasteiger partial charge >= 0.3 is 0 Å². The lowest BCUT2D eigenvalue weighted by molar-refractivity contribution is -0.129. The Hall–Kier alpha value is -2.51. The largest absolute Gasteiger partial charge is 0.503 e. The molecule has 0 radical (unpaired) electrons. The Morgan fingerprint density at radius 2 is 1.93 bits per heavy atom. The molecule has 1 amide bonds. The normalized spacial score (nSPS) is 16.8. The molecular formula is C23H29N3O3S. The molecule has 30 heavy (non-hydrogen) atoms. The molecule has 1 unspecified atom stereocenters. The fraction of sp³-hybridized carbons (Fsp3) is 0.435. The van der Waals surface area contributed by atoms with Crippen molar-refractivity contribution in [3.8, 4) is 0 Å². The minimum atomic E-state index is -0.609. The highest BCUT2D eigenvalue weighted by atomic mass is 32.1. The molecular weight excluding hydrogens is 398 g/mol. The number of aliphatic hydroxyl groups is 1. The van der Waals surface area contributed by atoms with Crippen molar-refractivity contribution in [2.45, 2.75) is 40.7 Å². The third-order valence-corrected chi connectivity index (χ3v) is 6.64. The number of hydrogen-bond acceptors (Lipinski definition) is 6. The van der Waals surface area contributed by atoms with Crippen molar-refractivity contribution < 1.29 is 14.7 Å². The van der Waals surface area contributed by atoms with E-state index < -0.39 is 17.7 Å². The summed E-state index contributed by atoms with van der Waals surface area (Å²) in [6, 6.07) is 7.16. The van der Waals surface area contributed by atoms with E-state index in [0.717, 1.165) is 29.2 Å². The lowest BCUT2D eigenvalue weighted by Crippen LogP contribution is -2.38. The van der Waals surface area contributed by atoms with Gasteiger partial charge in [0.25, 0.3) is 5.91 Å². The van der Waals surface area contributed by atoms with E-state index in [0.29, 0.717) is 23.7 Å². The summed E-state index contributed by atoms with van der Waals surface area (Å²) >= 11 is 1.30. The Morgan fingerprint density at radius 1 is 1.23 bits per heavy atom. The van der Waals surface area contributed by atoms with E-state index in [1.807, 2.05) is 38.1 Å². The highest BCUT2D eigenvalue weighted by Crippen LogP contribution is 2.40. The minimum absolute atomic E-state index is 0.150. The van der Waals surface area contributed by atoms with Gasteiger partial charge in [0.15, 0.2) is 5.76 Å². The monoisotopic (exact) mass is 427 g/mol. The number of thiazole rings is 1. The molecule has 3 rings (SSSR count). The number of carbonyl (C=O) groups is 2. The number of hydrogen-bond donors (Lipinski definition) is 1. The van der Waals surface area contributed by atoms with E-state index in [9.17, 15) is 14.7 Å². The van der Waals surface area contributed by atoms with Crippen LogP contribution in [0.5, 0.6) is 0 Å². The topological polar surface area (TPSA) is 73.7 Å². The standard InChI is InChI=1S/C23H29N3O3S/c1-6-25(7-2)11-12-26-19(17-10-8-9-14(3)13-17)18(21(28)23(26)29)20(27)22-15(4)24-16(5)30-22/h8-10,13,19,28H,6-7,11-12H2,1-5H3. The molecule has 6 nitrogen and oxygen atoms in total. The molecule has 1 atom stereocenters. The third-order valence-electron chi connectivity index (χ3n) is 5.57. The molecule has 0 bridgehead atoms. The molecule has 1 aromatic carbocycles. The highest BCUT2D eigenvalue weighted by molar-refractivity contribution is 7.14. The van der Waals surface area contributed by atoms with Crippen molar-refractivity contribution in [2.24, 2.45) is 0 Å². The molecule has 160 valence electrons. The van der Waals surface area contributed by atoms with Gasteiger partial charge in [-0.15, -0.1) is 11.3 Å². The van der Waals surface area contributed by atoms with Crippen LogP contribution in [0.3, 0.4) is 0 Å². The lowest BCUT2D eigenvalue weighted by Gasteiger charge is -2.29. The number of aromatic nitrogens is 1. The minimum Gasteiger partial charge on any atom is -0.503 e. The molecule has 0 spiro atoms. The van der Waals surface area contributed by atoms with Crippen molar-refractivity contribution in [1.82, 2.24) is 14.8 Å². The number of amides is 1. The second-order valence-corrected chi connectivity index (χ2v) is 8.78. The molecule has 1 aliphatic rings. The zero-order valence-electron chi connectivity index (χ0n) is 18.2. The van der Waals surface area contributed by atoms with Crippen LogP contribution in [0.2, 0.25) is 0 Å². The molecule has 0 saturated carbocycles. The lowest BCUT2D eigenvalue weighted by atomic mass is 9.94. The van der Waals surface area contributed by atoms with Gasteiger partial charge in [0.1, 0.15) is 0 Å². The van der Waals surface area contributed by atoms with Gasteiger partial charge in [0.05, 0.1) is 27.2 Å². The maximum Gasteiger partial charge on any atom is 0.290 e. The molecule has 1 aliphatic heterocycles. The summed E-state index contributed by atoms with van der Waals surface area (Å²) in [5.74, 6) is -1.26. The fourth-order valence-corrected chi connectivity index (χ4v) is 4.83. The van der Waals surface area contributed by atoms with E-state index in [4.69, 9.17) is 0 Å². The smallest absolute Gasteiger partial charge is 0.290 e. The van der Waals surface area contributed by atoms with Crippen LogP contribution >= 0.6 is 11.3 Å². The summed E-state index contributed by atoms with van der Waals surface area (Å²) in [5, 5.41) is 11.6. The van der Waals surface area contributed by atoms with Crippen LogP contribution in [0.4, 0.5) is 0 Å². The average molecular weight is 428 g/mol. The first-order valence-electron chi connectivity index (χ1n) is 10.3. The number of carbonyl (C=O) groups excluding carboxylic acids is 2. The van der Waals surface area contributed by atoms with Crippen LogP contribution in [0, 0.1) is 20.8 Å². The summed E-state index contributed by atoms with van der Waals surface area (Å²) in [5.41, 5.74) is 2.64. The highest BCUT2D eigenvalue weighted by Gasteiger charge is 2.44.